The van der Waals surface area contributed by atoms with Crippen LogP contribution in [0.15, 0.2) is 107 Å². The summed E-state index contributed by atoms with van der Waals surface area (Å²) in [4.78, 5) is 28.3. The molecule has 1 amide bonds. The Morgan fingerprint density at radius 1 is 0.911 bits per heavy atom. The summed E-state index contributed by atoms with van der Waals surface area (Å²) in [5, 5.41) is 19.8. The van der Waals surface area contributed by atoms with Crippen molar-refractivity contribution in [1.29, 1.82) is 0 Å². The molecule has 1 fully saturated rings. The molecule has 1 N–H and O–H groups in total. The Morgan fingerprint density at radius 2 is 1.67 bits per heavy atom. The third-order valence-corrected chi connectivity index (χ3v) is 9.04. The zero-order valence-electron chi connectivity index (χ0n) is 23.5. The number of hydrogen-bond donors (Lipinski definition) is 1. The van der Waals surface area contributed by atoms with Gasteiger partial charge in [-0.05, 0) is 59.7 Å². The number of carbonyl (C=O) groups is 2. The van der Waals surface area contributed by atoms with E-state index in [4.69, 9.17) is 9.47 Å². The molecule has 1 aliphatic rings. The van der Waals surface area contributed by atoms with Crippen molar-refractivity contribution in [2.45, 2.75) is 16.1 Å². The molecule has 5 aromatic rings. The first-order valence-electron chi connectivity index (χ1n) is 13.5. The molecule has 0 aliphatic carbocycles. The van der Waals surface area contributed by atoms with Crippen LogP contribution in [0.5, 0.6) is 17.2 Å². The number of para-hydroxylation sites is 1. The molecule has 2 heterocycles. The van der Waals surface area contributed by atoms with Crippen molar-refractivity contribution in [3.63, 3.8) is 0 Å². The smallest absolute Gasteiger partial charge is 0.301 e. The molecule has 1 unspecified atom stereocenters. The van der Waals surface area contributed by atoms with E-state index in [9.17, 15) is 23.5 Å². The first-order valence-corrected chi connectivity index (χ1v) is 15.3. The number of amides is 1. The van der Waals surface area contributed by atoms with E-state index in [0.717, 1.165) is 22.3 Å². The minimum absolute atomic E-state index is 0.0219. The average molecular weight is 644 g/mol. The van der Waals surface area contributed by atoms with Gasteiger partial charge in [-0.1, -0.05) is 71.6 Å². The molecule has 1 aliphatic heterocycles. The topological polar surface area (TPSA) is 102 Å². The summed E-state index contributed by atoms with van der Waals surface area (Å²) in [6.45, 7) is 0. The van der Waals surface area contributed by atoms with E-state index >= 15 is 0 Å². The second-order valence-corrected chi connectivity index (χ2v) is 11.9. The van der Waals surface area contributed by atoms with Gasteiger partial charge in [0.05, 0.1) is 18.7 Å². The molecule has 1 aromatic heterocycles. The molecule has 1 atom stereocenters. The van der Waals surface area contributed by atoms with Crippen LogP contribution in [0, 0.1) is 11.6 Å². The quantitative estimate of drug-likeness (QED) is 0.0578. The Kier molecular flexibility index (Phi) is 8.58. The number of hydrogen-bond acceptors (Lipinski definition) is 9. The Morgan fingerprint density at radius 3 is 2.42 bits per heavy atom. The van der Waals surface area contributed by atoms with Gasteiger partial charge in [0.25, 0.3) is 5.78 Å². The fourth-order valence-corrected chi connectivity index (χ4v) is 6.65. The number of aromatic nitrogens is 2. The maximum Gasteiger partial charge on any atom is 0.301 e. The van der Waals surface area contributed by atoms with Gasteiger partial charge in [0.1, 0.15) is 23.1 Å². The van der Waals surface area contributed by atoms with Gasteiger partial charge in [0.15, 0.2) is 15.9 Å². The molecular weight excluding hydrogens is 621 g/mol. The second-order valence-electron chi connectivity index (χ2n) is 9.74. The van der Waals surface area contributed by atoms with Crippen LogP contribution >= 0.6 is 23.1 Å². The molecule has 8 nitrogen and oxygen atoms in total. The summed E-state index contributed by atoms with van der Waals surface area (Å²) < 4.78 is 40.2. The zero-order valence-corrected chi connectivity index (χ0v) is 25.1. The Hall–Kier alpha value is -5.07. The highest BCUT2D eigenvalue weighted by Gasteiger charge is 2.48. The van der Waals surface area contributed by atoms with Crippen molar-refractivity contribution < 1.29 is 33.0 Å². The first-order chi connectivity index (χ1) is 21.8. The summed E-state index contributed by atoms with van der Waals surface area (Å²) in [5.41, 5.74) is 0.610. The molecule has 6 rings (SSSR count). The van der Waals surface area contributed by atoms with Gasteiger partial charge < -0.3 is 14.6 Å². The van der Waals surface area contributed by atoms with Crippen molar-refractivity contribution >= 4 is 45.7 Å². The maximum absolute atomic E-state index is 14.6. The lowest BCUT2D eigenvalue weighted by Gasteiger charge is -2.23. The van der Waals surface area contributed by atoms with Crippen molar-refractivity contribution in [2.75, 3.05) is 12.0 Å². The minimum Gasteiger partial charge on any atom is -0.507 e. The van der Waals surface area contributed by atoms with Gasteiger partial charge >= 0.3 is 5.91 Å². The lowest BCUT2D eigenvalue weighted by atomic mass is 9.95. The number of rotatable bonds is 9. The number of aliphatic hydroxyl groups is 1. The number of aliphatic hydroxyl groups excluding tert-OH is 1. The largest absolute Gasteiger partial charge is 0.507 e. The van der Waals surface area contributed by atoms with E-state index in [1.165, 1.54) is 37.1 Å². The van der Waals surface area contributed by atoms with Gasteiger partial charge in [-0.15, -0.1) is 10.2 Å². The lowest BCUT2D eigenvalue weighted by Crippen LogP contribution is -2.29. The average Bonchev–Trinajstić information content (AvgIpc) is 3.62. The fraction of sp³-hybridized carbons (Fsp3) is 0.0909. The van der Waals surface area contributed by atoms with Crippen molar-refractivity contribution in [1.82, 2.24) is 10.2 Å². The Balaban J connectivity index is 1.41. The van der Waals surface area contributed by atoms with Crippen LogP contribution in [0.25, 0.3) is 5.76 Å². The van der Waals surface area contributed by atoms with E-state index in [-0.39, 0.29) is 33.6 Å². The molecule has 12 heteroatoms. The molecule has 45 heavy (non-hydrogen) atoms. The standard InChI is InChI=1S/C33H23F2N3O5S2/c1-42-26-15-14-20(17-25(26)35)29(39)27-28(19-9-7-12-23(16-19)43-22-10-3-2-4-11-22)38(31(41)30(27)40)32-36-37-33(45-32)44-18-21-8-5-6-13-24(21)34/h2-17,28,39H,18H2,1H3. The van der Waals surface area contributed by atoms with Crippen molar-refractivity contribution in [2.24, 2.45) is 0 Å². The third kappa shape index (κ3) is 6.15. The van der Waals surface area contributed by atoms with E-state index in [1.807, 2.05) is 18.2 Å². The molecular formula is C33H23F2N3O5S2. The SMILES string of the molecule is COc1ccc(C(O)=C2C(=O)C(=O)N(c3nnc(SCc4ccccc4F)s3)C2c2cccc(Oc3ccccc3)c2)cc1F. The molecule has 1 saturated heterocycles. The lowest BCUT2D eigenvalue weighted by molar-refractivity contribution is -0.132. The predicted octanol–water partition coefficient (Wildman–Crippen LogP) is 7.54. The summed E-state index contributed by atoms with van der Waals surface area (Å²) >= 11 is 2.27. The number of nitrogens with zero attached hydrogens (tertiary/aromatic N) is 3. The van der Waals surface area contributed by atoms with Gasteiger partial charge in [-0.2, -0.15) is 0 Å². The van der Waals surface area contributed by atoms with E-state index in [0.29, 0.717) is 27.0 Å². The number of ether oxygens (including phenoxy) is 2. The normalized spacial score (nSPS) is 15.8. The number of anilines is 1. The van der Waals surface area contributed by atoms with Crippen LogP contribution in [-0.2, 0) is 15.3 Å². The molecule has 0 bridgehead atoms. The number of benzene rings is 4. The summed E-state index contributed by atoms with van der Waals surface area (Å²) in [6.07, 6.45) is 0. The maximum atomic E-state index is 14.6. The minimum atomic E-state index is -1.16. The van der Waals surface area contributed by atoms with Crippen molar-refractivity contribution in [3.05, 3.63) is 131 Å². The molecule has 0 saturated carbocycles. The number of ketones is 1. The third-order valence-electron chi connectivity index (χ3n) is 6.93. The predicted molar refractivity (Wildman–Crippen MR) is 167 cm³/mol. The van der Waals surface area contributed by atoms with Crippen LogP contribution in [-0.4, -0.2) is 34.1 Å². The van der Waals surface area contributed by atoms with Gasteiger partial charge in [-0.25, -0.2) is 8.78 Å². The summed E-state index contributed by atoms with van der Waals surface area (Å²) in [6, 6.07) is 24.7. The van der Waals surface area contributed by atoms with Gasteiger partial charge in [-0.3, -0.25) is 14.5 Å². The monoisotopic (exact) mass is 643 g/mol. The molecule has 4 aromatic carbocycles. The van der Waals surface area contributed by atoms with Crippen LogP contribution in [0.4, 0.5) is 13.9 Å². The van der Waals surface area contributed by atoms with Crippen LogP contribution < -0.4 is 14.4 Å². The van der Waals surface area contributed by atoms with Crippen LogP contribution in [0.2, 0.25) is 0 Å². The van der Waals surface area contributed by atoms with Gasteiger partial charge in [0, 0.05) is 11.3 Å². The Bertz CT molecular complexity index is 1930. The number of Topliss-reactive ketones (excluding diaryl/α,β-unsaturated/α-hetero) is 1. The highest BCUT2D eigenvalue weighted by atomic mass is 32.2. The number of halogens is 2. The number of carbonyl (C=O) groups excluding carboxylic acids is 2. The number of thioether (sulfide) groups is 1. The van der Waals surface area contributed by atoms with E-state index < -0.39 is 29.3 Å². The number of methoxy groups -OCH3 is 1. The van der Waals surface area contributed by atoms with Crippen molar-refractivity contribution in [3.8, 4) is 17.2 Å². The summed E-state index contributed by atoms with van der Waals surface area (Å²) in [5.74, 6) is -2.43. The van der Waals surface area contributed by atoms with Crippen LogP contribution in [0.1, 0.15) is 22.7 Å². The molecule has 0 radical (unpaired) electrons. The first kappa shape index (κ1) is 30.0. The zero-order chi connectivity index (χ0) is 31.5. The summed E-state index contributed by atoms with van der Waals surface area (Å²) in [7, 11) is 1.30. The highest BCUT2D eigenvalue weighted by molar-refractivity contribution is 8.00. The van der Waals surface area contributed by atoms with E-state index in [2.05, 4.69) is 10.2 Å². The van der Waals surface area contributed by atoms with E-state index in [1.54, 1.807) is 54.6 Å². The highest BCUT2D eigenvalue weighted by Crippen LogP contribution is 2.45. The Labute approximate surface area is 264 Å². The molecule has 0 spiro atoms. The van der Waals surface area contributed by atoms with Crippen LogP contribution in [0.3, 0.4) is 0 Å². The fourth-order valence-electron chi connectivity index (χ4n) is 4.80. The molecule has 226 valence electrons. The van der Waals surface area contributed by atoms with Gasteiger partial charge in [0.2, 0.25) is 5.13 Å². The second kappa shape index (κ2) is 12.9.